The summed E-state index contributed by atoms with van der Waals surface area (Å²) < 4.78 is 0. The molecule has 3 heteroatoms. The van der Waals surface area contributed by atoms with E-state index in [1.165, 1.54) is 0 Å². The highest BCUT2D eigenvalue weighted by Gasteiger charge is 2.06. The summed E-state index contributed by atoms with van der Waals surface area (Å²) in [5, 5.41) is 6.13. The Bertz CT molecular complexity index is 372. The molecule has 0 fully saturated rings. The van der Waals surface area contributed by atoms with E-state index in [9.17, 15) is 4.79 Å². The number of carbonyl (C=O) groups is 1. The van der Waals surface area contributed by atoms with E-state index in [-0.39, 0.29) is 5.91 Å². The highest BCUT2D eigenvalue weighted by atomic mass is 16.1. The third-order valence-electron chi connectivity index (χ3n) is 2.27. The van der Waals surface area contributed by atoms with Gasteiger partial charge >= 0.3 is 0 Å². The molecule has 1 aromatic carbocycles. The van der Waals surface area contributed by atoms with Gasteiger partial charge in [0.2, 0.25) is 0 Å². The second kappa shape index (κ2) is 5.54. The summed E-state index contributed by atoms with van der Waals surface area (Å²) in [7, 11) is 0. The molecule has 0 saturated carbocycles. The average Bonchev–Trinajstić information content (AvgIpc) is 2.20. The molecule has 0 spiro atoms. The van der Waals surface area contributed by atoms with Crippen molar-refractivity contribution in [2.24, 2.45) is 0 Å². The molecule has 1 amide bonds. The Morgan fingerprint density at radius 2 is 2.06 bits per heavy atom. The van der Waals surface area contributed by atoms with Gasteiger partial charge in [-0.25, -0.2) is 0 Å². The number of rotatable bonds is 4. The van der Waals surface area contributed by atoms with Gasteiger partial charge in [0.1, 0.15) is 0 Å². The molecule has 88 valence electrons. The lowest BCUT2D eigenvalue weighted by molar-refractivity contribution is 0.0956. The summed E-state index contributed by atoms with van der Waals surface area (Å²) in [6, 6.07) is 6.12. The van der Waals surface area contributed by atoms with Gasteiger partial charge in [0, 0.05) is 23.8 Å². The maximum absolute atomic E-state index is 11.6. The van der Waals surface area contributed by atoms with Crippen LogP contribution >= 0.6 is 0 Å². The van der Waals surface area contributed by atoms with Gasteiger partial charge in [-0.1, -0.05) is 0 Å². The molecule has 0 aliphatic carbocycles. The number of aryl methyl sites for hydroxylation is 1. The van der Waals surface area contributed by atoms with Crippen LogP contribution in [0.2, 0.25) is 0 Å². The largest absolute Gasteiger partial charge is 0.383 e. The van der Waals surface area contributed by atoms with Gasteiger partial charge in [0.25, 0.3) is 5.91 Å². The minimum atomic E-state index is -0.0123. The third-order valence-corrected chi connectivity index (χ3v) is 2.27. The molecule has 0 radical (unpaired) electrons. The van der Waals surface area contributed by atoms with Crippen LogP contribution in [0.3, 0.4) is 0 Å². The Balaban J connectivity index is 2.86. The molecular weight excluding hydrogens is 200 g/mol. The highest BCUT2D eigenvalue weighted by molar-refractivity contribution is 5.94. The van der Waals surface area contributed by atoms with Gasteiger partial charge in [-0.2, -0.15) is 0 Å². The number of benzene rings is 1. The molecule has 0 bridgehead atoms. The predicted octanol–water partition coefficient (Wildman–Crippen LogP) is 2.57. The zero-order valence-corrected chi connectivity index (χ0v) is 10.4. The Hall–Kier alpha value is -1.51. The van der Waals surface area contributed by atoms with Crippen molar-refractivity contribution in [2.75, 3.05) is 11.9 Å². The summed E-state index contributed by atoms with van der Waals surface area (Å²) in [4.78, 5) is 11.6. The Labute approximate surface area is 97.2 Å². The van der Waals surface area contributed by atoms with Crippen molar-refractivity contribution in [3.8, 4) is 0 Å². The predicted molar refractivity (Wildman–Crippen MR) is 67.9 cm³/mol. The van der Waals surface area contributed by atoms with Gasteiger partial charge in [-0.05, 0) is 51.5 Å². The lowest BCUT2D eigenvalue weighted by Crippen LogP contribution is -2.22. The number of hydrogen-bond acceptors (Lipinski definition) is 2. The van der Waals surface area contributed by atoms with Crippen LogP contribution in [0.1, 0.15) is 36.7 Å². The van der Waals surface area contributed by atoms with E-state index in [1.807, 2.05) is 32.0 Å². The second-order valence-electron chi connectivity index (χ2n) is 4.19. The van der Waals surface area contributed by atoms with Crippen LogP contribution < -0.4 is 10.6 Å². The van der Waals surface area contributed by atoms with Crippen LogP contribution in [-0.2, 0) is 0 Å². The van der Waals surface area contributed by atoms with Gasteiger partial charge < -0.3 is 10.6 Å². The van der Waals surface area contributed by atoms with Gasteiger partial charge in [-0.15, -0.1) is 0 Å². The molecular formula is C13H20N2O. The quantitative estimate of drug-likeness (QED) is 0.818. The minimum Gasteiger partial charge on any atom is -0.383 e. The molecule has 0 aliphatic rings. The van der Waals surface area contributed by atoms with Crippen molar-refractivity contribution in [2.45, 2.75) is 33.7 Å². The maximum Gasteiger partial charge on any atom is 0.251 e. The van der Waals surface area contributed by atoms with Crippen molar-refractivity contribution in [3.63, 3.8) is 0 Å². The van der Waals surface area contributed by atoms with Crippen LogP contribution in [0.4, 0.5) is 5.69 Å². The molecule has 0 heterocycles. The number of anilines is 1. The van der Waals surface area contributed by atoms with Crippen LogP contribution in [-0.4, -0.2) is 18.5 Å². The first-order valence-corrected chi connectivity index (χ1v) is 5.70. The maximum atomic E-state index is 11.6. The molecule has 1 rings (SSSR count). The summed E-state index contributed by atoms with van der Waals surface area (Å²) in [6.45, 7) is 8.77. The number of nitrogens with one attached hydrogen (secondary N) is 2. The minimum absolute atomic E-state index is 0.0123. The van der Waals surface area contributed by atoms with Crippen LogP contribution in [0.25, 0.3) is 0 Å². The van der Waals surface area contributed by atoms with E-state index in [0.717, 1.165) is 11.3 Å². The van der Waals surface area contributed by atoms with Crippen molar-refractivity contribution in [1.82, 2.24) is 5.32 Å². The van der Waals surface area contributed by atoms with E-state index >= 15 is 0 Å². The fourth-order valence-electron chi connectivity index (χ4n) is 1.54. The summed E-state index contributed by atoms with van der Waals surface area (Å²) >= 11 is 0. The molecule has 16 heavy (non-hydrogen) atoms. The van der Waals surface area contributed by atoms with Crippen molar-refractivity contribution < 1.29 is 4.79 Å². The van der Waals surface area contributed by atoms with Crippen molar-refractivity contribution in [1.29, 1.82) is 0 Å². The smallest absolute Gasteiger partial charge is 0.251 e. The molecule has 1 aromatic rings. The third kappa shape index (κ3) is 3.26. The van der Waals surface area contributed by atoms with Crippen molar-refractivity contribution in [3.05, 3.63) is 29.3 Å². The molecule has 0 aliphatic heterocycles. The SMILES string of the molecule is CCNC(=O)c1ccc(NC(C)C)c(C)c1. The van der Waals surface area contributed by atoms with Crippen LogP contribution in [0.15, 0.2) is 18.2 Å². The van der Waals surface area contributed by atoms with Crippen molar-refractivity contribution >= 4 is 11.6 Å². The molecule has 0 aromatic heterocycles. The first kappa shape index (κ1) is 12.6. The summed E-state index contributed by atoms with van der Waals surface area (Å²) in [6.07, 6.45) is 0. The summed E-state index contributed by atoms with van der Waals surface area (Å²) in [5.41, 5.74) is 2.90. The second-order valence-corrected chi connectivity index (χ2v) is 4.19. The van der Waals surface area contributed by atoms with Crippen LogP contribution in [0.5, 0.6) is 0 Å². The number of hydrogen-bond donors (Lipinski definition) is 2. The topological polar surface area (TPSA) is 41.1 Å². The Kier molecular flexibility index (Phi) is 4.35. The van der Waals surface area contributed by atoms with Gasteiger partial charge in [0.15, 0.2) is 0 Å². The zero-order valence-electron chi connectivity index (χ0n) is 10.4. The first-order chi connectivity index (χ1) is 7.54. The van der Waals surface area contributed by atoms with E-state index in [2.05, 4.69) is 24.5 Å². The zero-order chi connectivity index (χ0) is 12.1. The lowest BCUT2D eigenvalue weighted by atomic mass is 10.1. The number of amides is 1. The average molecular weight is 220 g/mol. The molecule has 0 saturated heterocycles. The van der Waals surface area contributed by atoms with E-state index in [4.69, 9.17) is 0 Å². The van der Waals surface area contributed by atoms with Gasteiger partial charge in [-0.3, -0.25) is 4.79 Å². The normalized spacial score (nSPS) is 10.3. The summed E-state index contributed by atoms with van der Waals surface area (Å²) in [5.74, 6) is -0.0123. The van der Waals surface area contributed by atoms with Crippen LogP contribution in [0, 0.1) is 6.92 Å². The molecule has 3 nitrogen and oxygen atoms in total. The molecule has 0 unspecified atom stereocenters. The fourth-order valence-corrected chi connectivity index (χ4v) is 1.54. The standard InChI is InChI=1S/C13H20N2O/c1-5-14-13(16)11-6-7-12(10(4)8-11)15-9(2)3/h6-9,15H,5H2,1-4H3,(H,14,16). The van der Waals surface area contributed by atoms with Gasteiger partial charge in [0.05, 0.1) is 0 Å². The monoisotopic (exact) mass is 220 g/mol. The first-order valence-electron chi connectivity index (χ1n) is 5.70. The highest BCUT2D eigenvalue weighted by Crippen LogP contribution is 2.17. The molecule has 0 atom stereocenters. The molecule has 2 N–H and O–H groups in total. The number of carbonyl (C=O) groups excluding carboxylic acids is 1. The fraction of sp³-hybridized carbons (Fsp3) is 0.462. The Morgan fingerprint density at radius 1 is 1.38 bits per heavy atom. The van der Waals surface area contributed by atoms with E-state index in [0.29, 0.717) is 18.2 Å². The Morgan fingerprint density at radius 3 is 2.56 bits per heavy atom. The van der Waals surface area contributed by atoms with E-state index < -0.39 is 0 Å². The van der Waals surface area contributed by atoms with E-state index in [1.54, 1.807) is 0 Å². The lowest BCUT2D eigenvalue weighted by Gasteiger charge is -2.13.